The highest BCUT2D eigenvalue weighted by Crippen LogP contribution is 2.27. The van der Waals surface area contributed by atoms with E-state index >= 15 is 0 Å². The molecule has 0 spiro atoms. The Morgan fingerprint density at radius 2 is 1.90 bits per heavy atom. The number of piperidine rings is 1. The van der Waals surface area contributed by atoms with E-state index in [9.17, 15) is 14.0 Å². The normalized spacial score (nSPS) is 22.0. The average molecular weight is 303 g/mol. The van der Waals surface area contributed by atoms with Crippen LogP contribution in [0.1, 0.15) is 17.9 Å². The molecule has 1 amide bonds. The Kier molecular flexibility index (Phi) is 5.47. The molecular formula is C13H16ClFN2O3. The van der Waals surface area contributed by atoms with Gasteiger partial charge in [-0.2, -0.15) is 0 Å². The summed E-state index contributed by atoms with van der Waals surface area (Å²) in [6.45, 7) is 0.550. The Hall–Kier alpha value is -1.66. The number of carbonyl (C=O) groups excluding carboxylic acids is 1. The van der Waals surface area contributed by atoms with Crippen molar-refractivity contribution < 1.29 is 19.1 Å². The van der Waals surface area contributed by atoms with Crippen molar-refractivity contribution in [3.63, 3.8) is 0 Å². The highest BCUT2D eigenvalue weighted by molar-refractivity contribution is 6.31. The molecule has 20 heavy (non-hydrogen) atoms. The zero-order valence-corrected chi connectivity index (χ0v) is 11.5. The predicted octanol–water partition coefficient (Wildman–Crippen LogP) is 0.975. The number of nitrogens with two attached hydrogens (primary N) is 1. The molecule has 3 N–H and O–H groups in total. The summed E-state index contributed by atoms with van der Waals surface area (Å²) in [7, 11) is 0. The molecule has 0 aliphatic carbocycles. The van der Waals surface area contributed by atoms with Crippen molar-refractivity contribution in [1.29, 1.82) is 0 Å². The second-order valence-corrected chi connectivity index (χ2v) is 4.67. The van der Waals surface area contributed by atoms with E-state index in [0.717, 1.165) is 5.56 Å². The van der Waals surface area contributed by atoms with E-state index in [1.54, 1.807) is 12.1 Å². The zero-order chi connectivity index (χ0) is 14.0. The van der Waals surface area contributed by atoms with E-state index in [1.807, 2.05) is 0 Å². The lowest BCUT2D eigenvalue weighted by Crippen LogP contribution is -2.51. The van der Waals surface area contributed by atoms with Crippen molar-refractivity contribution in [3.05, 3.63) is 35.6 Å². The van der Waals surface area contributed by atoms with Gasteiger partial charge >= 0.3 is 11.9 Å². The number of hydrogen-bond acceptors (Lipinski definition) is 3. The Morgan fingerprint density at radius 3 is 2.40 bits per heavy atom. The Labute approximate surface area is 122 Å². The number of rotatable bonds is 1. The quantitative estimate of drug-likeness (QED) is 0.757. The summed E-state index contributed by atoms with van der Waals surface area (Å²) >= 11 is 0. The van der Waals surface area contributed by atoms with Crippen LogP contribution in [0.3, 0.4) is 0 Å². The lowest BCUT2D eigenvalue weighted by molar-refractivity contribution is -0.156. The smallest absolute Gasteiger partial charge is 0.394 e. The fourth-order valence-electron chi connectivity index (χ4n) is 2.43. The van der Waals surface area contributed by atoms with Gasteiger partial charge in [-0.1, -0.05) is 12.1 Å². The van der Waals surface area contributed by atoms with Crippen molar-refractivity contribution in [1.82, 2.24) is 4.90 Å². The van der Waals surface area contributed by atoms with Crippen LogP contribution >= 0.6 is 12.4 Å². The second-order valence-electron chi connectivity index (χ2n) is 4.67. The van der Waals surface area contributed by atoms with Gasteiger partial charge in [0.25, 0.3) is 0 Å². The van der Waals surface area contributed by atoms with Gasteiger partial charge in [0.05, 0.1) is 0 Å². The molecule has 1 aliphatic rings. The summed E-state index contributed by atoms with van der Waals surface area (Å²) < 4.78 is 12.9. The number of nitrogens with zero attached hydrogens (tertiary/aromatic N) is 1. The Bertz CT molecular complexity index is 495. The first kappa shape index (κ1) is 16.4. The summed E-state index contributed by atoms with van der Waals surface area (Å²) in [5, 5.41) is 8.66. The fraction of sp³-hybridized carbons (Fsp3) is 0.385. The third kappa shape index (κ3) is 3.46. The molecule has 1 heterocycles. The van der Waals surface area contributed by atoms with Crippen molar-refractivity contribution in [3.8, 4) is 0 Å². The minimum atomic E-state index is -1.47. The molecule has 0 radical (unpaired) electrons. The van der Waals surface area contributed by atoms with Crippen LogP contribution in [-0.2, 0) is 9.59 Å². The molecule has 1 fully saturated rings. The number of aliphatic carboxylic acids is 1. The van der Waals surface area contributed by atoms with Crippen LogP contribution in [0.5, 0.6) is 0 Å². The molecule has 0 unspecified atom stereocenters. The zero-order valence-electron chi connectivity index (χ0n) is 10.7. The number of likely N-dealkylation sites (tertiary alicyclic amines) is 1. The van der Waals surface area contributed by atoms with E-state index in [-0.39, 0.29) is 36.7 Å². The van der Waals surface area contributed by atoms with Gasteiger partial charge in [-0.05, 0) is 24.1 Å². The van der Waals surface area contributed by atoms with Crippen molar-refractivity contribution in [2.45, 2.75) is 18.4 Å². The third-order valence-corrected chi connectivity index (χ3v) is 3.43. The number of benzene rings is 1. The van der Waals surface area contributed by atoms with Crippen LogP contribution < -0.4 is 5.73 Å². The first-order chi connectivity index (χ1) is 8.99. The summed E-state index contributed by atoms with van der Waals surface area (Å²) in [6, 6.07) is 5.75. The summed E-state index contributed by atoms with van der Waals surface area (Å²) in [5.41, 5.74) is 6.91. The predicted molar refractivity (Wildman–Crippen MR) is 73.2 cm³/mol. The molecule has 1 aliphatic heterocycles. The number of hydrogen-bond donors (Lipinski definition) is 2. The van der Waals surface area contributed by atoms with Crippen molar-refractivity contribution >= 4 is 24.3 Å². The Morgan fingerprint density at radius 1 is 1.30 bits per heavy atom. The summed E-state index contributed by atoms with van der Waals surface area (Å²) in [5.74, 6) is -2.69. The monoisotopic (exact) mass is 302 g/mol. The third-order valence-electron chi connectivity index (χ3n) is 3.43. The molecule has 2 rings (SSSR count). The fourth-order valence-corrected chi connectivity index (χ4v) is 2.43. The van der Waals surface area contributed by atoms with Crippen LogP contribution in [0.4, 0.5) is 4.39 Å². The maximum Gasteiger partial charge on any atom is 0.394 e. The maximum atomic E-state index is 12.9. The Balaban J connectivity index is 0.00000200. The van der Waals surface area contributed by atoms with Gasteiger partial charge in [0.2, 0.25) is 0 Å². The van der Waals surface area contributed by atoms with Gasteiger partial charge < -0.3 is 15.7 Å². The number of carboxylic acid groups (broad SMARTS) is 1. The topological polar surface area (TPSA) is 83.6 Å². The minimum Gasteiger partial charge on any atom is -0.474 e. The van der Waals surface area contributed by atoms with Gasteiger partial charge in [-0.3, -0.25) is 4.79 Å². The molecule has 1 aromatic carbocycles. The highest BCUT2D eigenvalue weighted by atomic mass is 35.5. The second kappa shape index (κ2) is 6.67. The molecule has 0 aromatic heterocycles. The molecule has 1 aromatic rings. The first-order valence-electron chi connectivity index (χ1n) is 6.02. The van der Waals surface area contributed by atoms with Crippen molar-refractivity contribution in [2.24, 2.45) is 5.73 Å². The molecule has 0 saturated carbocycles. The number of carboxylic acids is 1. The van der Waals surface area contributed by atoms with Crippen LogP contribution in [-0.4, -0.2) is 41.0 Å². The van der Waals surface area contributed by atoms with Crippen LogP contribution in [0.25, 0.3) is 0 Å². The molecule has 0 bridgehead atoms. The van der Waals surface area contributed by atoms with Gasteiger partial charge in [0.1, 0.15) is 5.82 Å². The van der Waals surface area contributed by atoms with E-state index in [0.29, 0.717) is 13.0 Å². The average Bonchev–Trinajstić information content (AvgIpc) is 2.39. The SMILES string of the molecule is Cl.N[C@@H]1CN(C(=O)C(=O)O)CC[C@H]1c1ccc(F)cc1. The summed E-state index contributed by atoms with van der Waals surface area (Å²) in [4.78, 5) is 23.2. The van der Waals surface area contributed by atoms with Gasteiger partial charge in [0.15, 0.2) is 0 Å². The van der Waals surface area contributed by atoms with E-state index in [2.05, 4.69) is 0 Å². The van der Waals surface area contributed by atoms with Gasteiger partial charge in [-0.15, -0.1) is 12.4 Å². The molecule has 5 nitrogen and oxygen atoms in total. The van der Waals surface area contributed by atoms with E-state index in [4.69, 9.17) is 10.8 Å². The minimum absolute atomic E-state index is 0. The molecule has 110 valence electrons. The van der Waals surface area contributed by atoms with Crippen LogP contribution in [0, 0.1) is 5.82 Å². The number of halogens is 2. The largest absolute Gasteiger partial charge is 0.474 e. The first-order valence-corrected chi connectivity index (χ1v) is 6.02. The van der Waals surface area contributed by atoms with Crippen LogP contribution in [0.2, 0.25) is 0 Å². The maximum absolute atomic E-state index is 12.9. The van der Waals surface area contributed by atoms with Crippen LogP contribution in [0.15, 0.2) is 24.3 Å². The standard InChI is InChI=1S/C13H15FN2O3.ClH/c14-9-3-1-8(2-4-9)10-5-6-16(7-11(10)15)12(17)13(18)19;/h1-4,10-11H,5-7,15H2,(H,18,19);1H/t10-,11+;/m0./s1. The van der Waals surface area contributed by atoms with E-state index in [1.165, 1.54) is 17.0 Å². The summed E-state index contributed by atoms with van der Waals surface area (Å²) in [6.07, 6.45) is 0.575. The lowest BCUT2D eigenvalue weighted by Gasteiger charge is -2.36. The highest BCUT2D eigenvalue weighted by Gasteiger charge is 2.32. The lowest BCUT2D eigenvalue weighted by atomic mass is 9.86. The van der Waals surface area contributed by atoms with Gasteiger partial charge in [-0.25, -0.2) is 9.18 Å². The number of amides is 1. The van der Waals surface area contributed by atoms with Gasteiger partial charge in [0, 0.05) is 25.0 Å². The number of carbonyl (C=O) groups is 2. The molecule has 2 atom stereocenters. The molecular weight excluding hydrogens is 287 g/mol. The van der Waals surface area contributed by atoms with E-state index < -0.39 is 11.9 Å². The molecule has 1 saturated heterocycles. The van der Waals surface area contributed by atoms with Crippen molar-refractivity contribution in [2.75, 3.05) is 13.1 Å². The molecule has 7 heteroatoms.